The molecule has 5 aromatic rings. The molecule has 3 heterocycles. The van der Waals surface area contributed by atoms with Crippen LogP contribution in [0.4, 0.5) is 15.9 Å². The number of hydrogen-bond donors (Lipinski definition) is 1. The number of aromatic nitrogens is 5. The van der Waals surface area contributed by atoms with Gasteiger partial charge < -0.3 is 15.0 Å². The number of rotatable bonds is 7. The van der Waals surface area contributed by atoms with Crippen molar-refractivity contribution in [1.82, 2.24) is 29.6 Å². The molecule has 0 aliphatic carbocycles. The number of likely N-dealkylation sites (N-methyl/N-ethyl adjacent to an activating group) is 1. The van der Waals surface area contributed by atoms with Crippen LogP contribution < -0.4 is 10.1 Å². The molecule has 0 fully saturated rings. The highest BCUT2D eigenvalue weighted by Gasteiger charge is 2.19. The number of nitrogens with zero attached hydrogens (tertiary/aromatic N) is 6. The molecule has 2 aromatic carbocycles. The molecule has 182 valence electrons. The molecule has 10 heteroatoms. The number of amides is 1. The molecule has 36 heavy (non-hydrogen) atoms. The van der Waals surface area contributed by atoms with Crippen molar-refractivity contribution in [3.05, 3.63) is 78.8 Å². The SMILES string of the molecule is C[C@@H](Oc1cccc2ncnc(Nc3ccc4c(cnn4Cc4ccc(F)nc4)c3)c12)C(=O)N(C)C. The van der Waals surface area contributed by atoms with Gasteiger partial charge in [-0.15, -0.1) is 0 Å². The number of benzene rings is 2. The van der Waals surface area contributed by atoms with Crippen molar-refractivity contribution in [2.24, 2.45) is 0 Å². The molecule has 1 N–H and O–H groups in total. The molecule has 0 radical (unpaired) electrons. The van der Waals surface area contributed by atoms with Gasteiger partial charge in [0.25, 0.3) is 5.91 Å². The van der Waals surface area contributed by atoms with Gasteiger partial charge in [0.05, 0.1) is 29.2 Å². The van der Waals surface area contributed by atoms with E-state index in [0.717, 1.165) is 22.2 Å². The van der Waals surface area contributed by atoms with Gasteiger partial charge in [-0.1, -0.05) is 12.1 Å². The summed E-state index contributed by atoms with van der Waals surface area (Å²) in [7, 11) is 3.38. The Bertz CT molecular complexity index is 1540. The lowest BCUT2D eigenvalue weighted by Gasteiger charge is -2.20. The molecule has 1 amide bonds. The number of carbonyl (C=O) groups excluding carboxylic acids is 1. The maximum Gasteiger partial charge on any atom is 0.262 e. The number of pyridine rings is 1. The minimum Gasteiger partial charge on any atom is -0.480 e. The van der Waals surface area contributed by atoms with Crippen molar-refractivity contribution < 1.29 is 13.9 Å². The first-order chi connectivity index (χ1) is 17.4. The lowest BCUT2D eigenvalue weighted by atomic mass is 10.2. The Labute approximate surface area is 206 Å². The zero-order valence-corrected chi connectivity index (χ0v) is 20.0. The maximum absolute atomic E-state index is 13.1. The Morgan fingerprint density at radius 3 is 2.75 bits per heavy atom. The summed E-state index contributed by atoms with van der Waals surface area (Å²) in [5, 5.41) is 9.43. The van der Waals surface area contributed by atoms with Gasteiger partial charge in [0, 0.05) is 31.4 Å². The van der Waals surface area contributed by atoms with E-state index in [9.17, 15) is 9.18 Å². The van der Waals surface area contributed by atoms with E-state index in [4.69, 9.17) is 4.74 Å². The summed E-state index contributed by atoms with van der Waals surface area (Å²) in [6.07, 6.45) is 4.09. The standard InChI is InChI=1S/C26H24FN7O2/c1-16(26(35)33(2)3)36-22-6-4-5-20-24(22)25(30-15-29-20)32-19-8-9-21-18(11-19)13-31-34(21)14-17-7-10-23(27)28-12-17/h4-13,15-16H,14H2,1-3H3,(H,29,30,32)/t16-/m1/s1. The zero-order chi connectivity index (χ0) is 25.2. The summed E-state index contributed by atoms with van der Waals surface area (Å²) in [5.41, 5.74) is 3.28. The number of fused-ring (bicyclic) bond motifs is 2. The van der Waals surface area contributed by atoms with Crippen LogP contribution in [0.1, 0.15) is 12.5 Å². The first kappa shape index (κ1) is 23.2. The highest BCUT2D eigenvalue weighted by Crippen LogP contribution is 2.33. The van der Waals surface area contributed by atoms with E-state index in [0.29, 0.717) is 29.0 Å². The fourth-order valence-corrected chi connectivity index (χ4v) is 3.98. The third-order valence-corrected chi connectivity index (χ3v) is 5.74. The third kappa shape index (κ3) is 4.65. The first-order valence-corrected chi connectivity index (χ1v) is 11.3. The van der Waals surface area contributed by atoms with Crippen LogP contribution in [0.5, 0.6) is 5.75 Å². The second-order valence-corrected chi connectivity index (χ2v) is 8.56. The summed E-state index contributed by atoms with van der Waals surface area (Å²) in [6.45, 7) is 2.19. The van der Waals surface area contributed by atoms with Gasteiger partial charge in [-0.05, 0) is 48.9 Å². The summed E-state index contributed by atoms with van der Waals surface area (Å²) in [4.78, 5) is 26.3. The average molecular weight is 486 g/mol. The van der Waals surface area contributed by atoms with E-state index in [2.05, 4.69) is 25.4 Å². The van der Waals surface area contributed by atoms with Crippen molar-refractivity contribution in [1.29, 1.82) is 0 Å². The quantitative estimate of drug-likeness (QED) is 0.346. The predicted octanol–water partition coefficient (Wildman–Crippen LogP) is 4.16. The topological polar surface area (TPSA) is 98.1 Å². The van der Waals surface area contributed by atoms with Gasteiger partial charge in [-0.2, -0.15) is 9.49 Å². The highest BCUT2D eigenvalue weighted by molar-refractivity contribution is 5.96. The Kier molecular flexibility index (Phi) is 6.16. The number of hydrogen-bond acceptors (Lipinski definition) is 7. The van der Waals surface area contributed by atoms with Crippen LogP contribution in [-0.4, -0.2) is 55.7 Å². The molecule has 0 unspecified atom stereocenters. The Hall–Kier alpha value is -4.60. The average Bonchev–Trinajstić information content (AvgIpc) is 3.27. The summed E-state index contributed by atoms with van der Waals surface area (Å²) in [5.74, 6) is 0.422. The van der Waals surface area contributed by atoms with Gasteiger partial charge in [0.15, 0.2) is 6.10 Å². The van der Waals surface area contributed by atoms with Gasteiger partial charge in [0.2, 0.25) is 5.95 Å². The van der Waals surface area contributed by atoms with E-state index in [1.165, 1.54) is 23.5 Å². The fraction of sp³-hybridized carbons (Fsp3) is 0.192. The van der Waals surface area contributed by atoms with Crippen molar-refractivity contribution in [2.75, 3.05) is 19.4 Å². The normalized spacial score (nSPS) is 12.0. The molecule has 0 saturated carbocycles. The predicted molar refractivity (Wildman–Crippen MR) is 135 cm³/mol. The van der Waals surface area contributed by atoms with Crippen LogP contribution in [0.3, 0.4) is 0 Å². The lowest BCUT2D eigenvalue weighted by Crippen LogP contribution is -2.35. The molecule has 9 nitrogen and oxygen atoms in total. The number of halogens is 1. The van der Waals surface area contributed by atoms with E-state index < -0.39 is 12.1 Å². The van der Waals surface area contributed by atoms with Crippen molar-refractivity contribution >= 4 is 39.2 Å². The van der Waals surface area contributed by atoms with Crippen LogP contribution in [0.2, 0.25) is 0 Å². The second-order valence-electron chi connectivity index (χ2n) is 8.56. The number of carbonyl (C=O) groups is 1. The molecule has 0 bridgehead atoms. The Balaban J connectivity index is 1.44. The molecule has 0 aliphatic heterocycles. The van der Waals surface area contributed by atoms with Gasteiger partial charge in [0.1, 0.15) is 17.9 Å². The molecule has 5 rings (SSSR count). The highest BCUT2D eigenvalue weighted by atomic mass is 19.1. The van der Waals surface area contributed by atoms with Crippen molar-refractivity contribution in [3.8, 4) is 5.75 Å². The van der Waals surface area contributed by atoms with Crippen molar-refractivity contribution in [3.63, 3.8) is 0 Å². The maximum atomic E-state index is 13.1. The monoisotopic (exact) mass is 485 g/mol. The number of ether oxygens (including phenoxy) is 1. The van der Waals surface area contributed by atoms with Gasteiger partial charge in [-0.3, -0.25) is 9.48 Å². The molecule has 3 aromatic heterocycles. The third-order valence-electron chi connectivity index (χ3n) is 5.74. The summed E-state index contributed by atoms with van der Waals surface area (Å²) in [6, 6.07) is 14.4. The smallest absolute Gasteiger partial charge is 0.262 e. The Morgan fingerprint density at radius 2 is 1.97 bits per heavy atom. The fourth-order valence-electron chi connectivity index (χ4n) is 3.98. The Morgan fingerprint density at radius 1 is 1.11 bits per heavy atom. The lowest BCUT2D eigenvalue weighted by molar-refractivity contribution is -0.135. The van der Waals surface area contributed by atoms with Crippen LogP contribution >= 0.6 is 0 Å². The van der Waals surface area contributed by atoms with Crippen LogP contribution in [0.25, 0.3) is 21.8 Å². The molecule has 0 aliphatic rings. The van der Waals surface area contributed by atoms with E-state index in [1.807, 2.05) is 35.0 Å². The molecular formula is C26H24FN7O2. The van der Waals surface area contributed by atoms with Crippen molar-refractivity contribution in [2.45, 2.75) is 19.6 Å². The largest absolute Gasteiger partial charge is 0.480 e. The molecule has 0 spiro atoms. The zero-order valence-electron chi connectivity index (χ0n) is 20.0. The van der Waals surface area contributed by atoms with E-state index in [-0.39, 0.29) is 5.91 Å². The first-order valence-electron chi connectivity index (χ1n) is 11.3. The summed E-state index contributed by atoms with van der Waals surface area (Å²) < 4.78 is 21.0. The van der Waals surface area contributed by atoms with Crippen LogP contribution in [0, 0.1) is 5.95 Å². The molecule has 1 atom stereocenters. The molecule has 0 saturated heterocycles. The second kappa shape index (κ2) is 9.57. The number of nitrogens with one attached hydrogen (secondary N) is 1. The van der Waals surface area contributed by atoms with Gasteiger partial charge in [-0.25, -0.2) is 15.0 Å². The minimum atomic E-state index is -0.669. The van der Waals surface area contributed by atoms with Gasteiger partial charge >= 0.3 is 0 Å². The van der Waals surface area contributed by atoms with E-state index >= 15 is 0 Å². The summed E-state index contributed by atoms with van der Waals surface area (Å²) >= 11 is 0. The number of anilines is 2. The van der Waals surface area contributed by atoms with Crippen LogP contribution in [-0.2, 0) is 11.3 Å². The minimum absolute atomic E-state index is 0.141. The van der Waals surface area contributed by atoms with E-state index in [1.54, 1.807) is 39.3 Å². The van der Waals surface area contributed by atoms with Crippen LogP contribution in [0.15, 0.2) is 67.3 Å². The molecular weight excluding hydrogens is 461 g/mol.